The minimum Gasteiger partial charge on any atom is -0.406 e. The molecule has 0 aliphatic rings. The van der Waals surface area contributed by atoms with Crippen LogP contribution in [0.15, 0.2) is 42.7 Å². The van der Waals surface area contributed by atoms with E-state index in [0.29, 0.717) is 26.3 Å². The molecule has 2 aromatic rings. The number of halogens is 3. The first kappa shape index (κ1) is 17.8. The highest BCUT2D eigenvalue weighted by molar-refractivity contribution is 5.94. The molecule has 0 unspecified atom stereocenters. The molecule has 0 saturated carbocycles. The molecule has 0 aliphatic heterocycles. The number of benzene rings is 1. The van der Waals surface area contributed by atoms with Crippen LogP contribution in [-0.2, 0) is 11.3 Å². The van der Waals surface area contributed by atoms with Gasteiger partial charge in [-0.15, -0.1) is 13.2 Å². The Morgan fingerprint density at radius 3 is 2.58 bits per heavy atom. The van der Waals surface area contributed by atoms with Crippen LogP contribution in [0.4, 0.5) is 13.2 Å². The van der Waals surface area contributed by atoms with Gasteiger partial charge in [-0.05, 0) is 30.3 Å². The van der Waals surface area contributed by atoms with E-state index in [0.717, 1.165) is 12.1 Å². The van der Waals surface area contributed by atoms with Crippen LogP contribution < -0.4 is 10.1 Å². The van der Waals surface area contributed by atoms with Crippen LogP contribution in [0.3, 0.4) is 0 Å². The first-order chi connectivity index (χ1) is 11.4. The predicted molar refractivity (Wildman–Crippen MR) is 78.5 cm³/mol. The van der Waals surface area contributed by atoms with Crippen molar-refractivity contribution in [2.45, 2.75) is 12.9 Å². The molecule has 1 amide bonds. The van der Waals surface area contributed by atoms with Crippen molar-refractivity contribution >= 4 is 5.91 Å². The Bertz CT molecular complexity index is 628. The fourth-order valence-corrected chi connectivity index (χ4v) is 1.84. The van der Waals surface area contributed by atoms with Crippen molar-refractivity contribution in [2.24, 2.45) is 0 Å². The maximum absolute atomic E-state index is 12.0. The second kappa shape index (κ2) is 8.34. The van der Waals surface area contributed by atoms with Crippen LogP contribution in [0.25, 0.3) is 0 Å². The smallest absolute Gasteiger partial charge is 0.406 e. The van der Waals surface area contributed by atoms with Gasteiger partial charge in [-0.1, -0.05) is 0 Å². The Kier molecular flexibility index (Phi) is 6.19. The van der Waals surface area contributed by atoms with Crippen molar-refractivity contribution in [3.05, 3.63) is 48.3 Å². The fraction of sp³-hybridized carbons (Fsp3) is 0.333. The van der Waals surface area contributed by atoms with Crippen molar-refractivity contribution in [3.63, 3.8) is 0 Å². The molecule has 0 fully saturated rings. The second-order valence-corrected chi connectivity index (χ2v) is 4.71. The third-order valence-electron chi connectivity index (χ3n) is 2.91. The van der Waals surface area contributed by atoms with Crippen molar-refractivity contribution in [3.8, 4) is 5.75 Å². The standard InChI is InChI=1S/C15H16F3N3O3/c16-15(17,18)24-13-4-2-12(3-5-13)14(22)19-7-10-23-11-9-21-8-1-6-20-21/h1-6,8H,7,9-11H2,(H,19,22). The lowest BCUT2D eigenvalue weighted by atomic mass is 10.2. The fourth-order valence-electron chi connectivity index (χ4n) is 1.84. The first-order valence-electron chi connectivity index (χ1n) is 7.13. The van der Waals surface area contributed by atoms with Gasteiger partial charge in [0, 0.05) is 24.5 Å². The lowest BCUT2D eigenvalue weighted by Gasteiger charge is -2.09. The lowest BCUT2D eigenvalue weighted by Crippen LogP contribution is -2.27. The number of hydrogen-bond donors (Lipinski definition) is 1. The molecule has 0 spiro atoms. The number of nitrogens with one attached hydrogen (secondary N) is 1. The summed E-state index contributed by atoms with van der Waals surface area (Å²) in [6, 6.07) is 6.50. The lowest BCUT2D eigenvalue weighted by molar-refractivity contribution is -0.274. The van der Waals surface area contributed by atoms with Gasteiger partial charge >= 0.3 is 6.36 Å². The van der Waals surface area contributed by atoms with Crippen LogP contribution in [0.5, 0.6) is 5.75 Å². The highest BCUT2D eigenvalue weighted by atomic mass is 19.4. The van der Waals surface area contributed by atoms with E-state index in [-0.39, 0.29) is 11.3 Å². The Labute approximate surface area is 136 Å². The van der Waals surface area contributed by atoms with Gasteiger partial charge < -0.3 is 14.8 Å². The summed E-state index contributed by atoms with van der Waals surface area (Å²) in [4.78, 5) is 11.8. The number of hydrogen-bond acceptors (Lipinski definition) is 4. The van der Waals surface area contributed by atoms with Gasteiger partial charge in [-0.2, -0.15) is 5.10 Å². The first-order valence-corrected chi connectivity index (χ1v) is 7.13. The number of ether oxygens (including phenoxy) is 2. The molecule has 0 aliphatic carbocycles. The van der Waals surface area contributed by atoms with Gasteiger partial charge in [-0.25, -0.2) is 0 Å². The summed E-state index contributed by atoms with van der Waals surface area (Å²) >= 11 is 0. The van der Waals surface area contributed by atoms with Crippen LogP contribution in [0, 0.1) is 0 Å². The van der Waals surface area contributed by atoms with Crippen molar-refractivity contribution < 1.29 is 27.4 Å². The van der Waals surface area contributed by atoms with Gasteiger partial charge in [0.1, 0.15) is 5.75 Å². The Balaban J connectivity index is 1.65. The third-order valence-corrected chi connectivity index (χ3v) is 2.91. The number of alkyl halides is 3. The van der Waals surface area contributed by atoms with E-state index in [1.54, 1.807) is 10.9 Å². The Morgan fingerprint density at radius 1 is 1.21 bits per heavy atom. The van der Waals surface area contributed by atoms with Crippen molar-refractivity contribution in [2.75, 3.05) is 19.8 Å². The third kappa shape index (κ3) is 6.29. The van der Waals surface area contributed by atoms with E-state index < -0.39 is 12.3 Å². The molecule has 24 heavy (non-hydrogen) atoms. The maximum atomic E-state index is 12.0. The molecule has 9 heteroatoms. The summed E-state index contributed by atoms with van der Waals surface area (Å²) in [6.45, 7) is 1.68. The van der Waals surface area contributed by atoms with Crippen molar-refractivity contribution in [1.82, 2.24) is 15.1 Å². The summed E-state index contributed by atoms with van der Waals surface area (Å²) in [6.07, 6.45) is -1.26. The zero-order valence-corrected chi connectivity index (χ0v) is 12.6. The molecule has 2 rings (SSSR count). The normalized spacial score (nSPS) is 11.3. The monoisotopic (exact) mass is 343 g/mol. The molecule has 130 valence electrons. The average Bonchev–Trinajstić information content (AvgIpc) is 3.03. The average molecular weight is 343 g/mol. The minimum atomic E-state index is -4.75. The molecule has 1 aromatic carbocycles. The number of aromatic nitrogens is 2. The van der Waals surface area contributed by atoms with Crippen LogP contribution in [0.2, 0.25) is 0 Å². The molecule has 0 bridgehead atoms. The molecule has 1 N–H and O–H groups in total. The van der Waals surface area contributed by atoms with E-state index in [9.17, 15) is 18.0 Å². The molecule has 1 heterocycles. The molecule has 0 saturated heterocycles. The van der Waals surface area contributed by atoms with Gasteiger partial charge in [0.25, 0.3) is 5.91 Å². The Hall–Kier alpha value is -2.55. The molecule has 6 nitrogen and oxygen atoms in total. The highest BCUT2D eigenvalue weighted by Gasteiger charge is 2.31. The maximum Gasteiger partial charge on any atom is 0.573 e. The Morgan fingerprint density at radius 2 is 1.96 bits per heavy atom. The number of carbonyl (C=O) groups is 1. The van der Waals surface area contributed by atoms with Gasteiger partial charge in [0.15, 0.2) is 0 Å². The van der Waals surface area contributed by atoms with E-state index in [1.807, 2.05) is 12.3 Å². The summed E-state index contributed by atoms with van der Waals surface area (Å²) < 4.78 is 46.9. The number of rotatable bonds is 8. The minimum absolute atomic E-state index is 0.237. The highest BCUT2D eigenvalue weighted by Crippen LogP contribution is 2.22. The molecule has 0 atom stereocenters. The molecule has 1 aromatic heterocycles. The summed E-state index contributed by atoms with van der Waals surface area (Å²) in [7, 11) is 0. The van der Waals surface area contributed by atoms with Gasteiger partial charge in [-0.3, -0.25) is 9.48 Å². The van der Waals surface area contributed by atoms with Gasteiger partial charge in [0.2, 0.25) is 0 Å². The largest absolute Gasteiger partial charge is 0.573 e. The molecular formula is C15H16F3N3O3. The summed E-state index contributed by atoms with van der Waals surface area (Å²) in [5, 5.41) is 6.63. The van der Waals surface area contributed by atoms with Gasteiger partial charge in [0.05, 0.1) is 19.8 Å². The van der Waals surface area contributed by atoms with Crippen LogP contribution in [-0.4, -0.2) is 41.8 Å². The second-order valence-electron chi connectivity index (χ2n) is 4.71. The zero-order chi connectivity index (χ0) is 17.4. The summed E-state index contributed by atoms with van der Waals surface area (Å²) in [5.74, 6) is -0.773. The molecule has 0 radical (unpaired) electrons. The topological polar surface area (TPSA) is 65.4 Å². The van der Waals surface area contributed by atoms with E-state index in [4.69, 9.17) is 4.74 Å². The van der Waals surface area contributed by atoms with Crippen LogP contribution in [0.1, 0.15) is 10.4 Å². The van der Waals surface area contributed by atoms with E-state index in [2.05, 4.69) is 15.2 Å². The van der Waals surface area contributed by atoms with E-state index in [1.165, 1.54) is 12.1 Å². The summed E-state index contributed by atoms with van der Waals surface area (Å²) in [5.41, 5.74) is 0.237. The van der Waals surface area contributed by atoms with Crippen molar-refractivity contribution in [1.29, 1.82) is 0 Å². The predicted octanol–water partition coefficient (Wildman–Crippen LogP) is 2.23. The number of carbonyl (C=O) groups excluding carboxylic acids is 1. The SMILES string of the molecule is O=C(NCCOCCn1cccn1)c1ccc(OC(F)(F)F)cc1. The quantitative estimate of drug-likeness (QED) is 0.747. The zero-order valence-electron chi connectivity index (χ0n) is 12.6. The number of amides is 1. The molecular weight excluding hydrogens is 327 g/mol. The van der Waals surface area contributed by atoms with Crippen LogP contribution >= 0.6 is 0 Å². The van der Waals surface area contributed by atoms with E-state index >= 15 is 0 Å². The number of nitrogens with zero attached hydrogens (tertiary/aromatic N) is 2.